The van der Waals surface area contributed by atoms with Crippen LogP contribution in [0.5, 0.6) is 5.75 Å². The van der Waals surface area contributed by atoms with E-state index in [2.05, 4.69) is 29.4 Å². The van der Waals surface area contributed by atoms with Gasteiger partial charge in [0.1, 0.15) is 5.75 Å². The van der Waals surface area contributed by atoms with Crippen LogP contribution < -0.4 is 10.1 Å². The van der Waals surface area contributed by atoms with Gasteiger partial charge in [0.15, 0.2) is 0 Å². The second kappa shape index (κ2) is 7.43. The number of nitrogens with zero attached hydrogens (tertiary/aromatic N) is 1. The van der Waals surface area contributed by atoms with E-state index in [0.29, 0.717) is 5.02 Å². The third-order valence-corrected chi connectivity index (χ3v) is 3.42. The van der Waals surface area contributed by atoms with Crippen molar-refractivity contribution in [1.82, 2.24) is 10.3 Å². The average Bonchev–Trinajstić information content (AvgIpc) is 2.46. The van der Waals surface area contributed by atoms with Gasteiger partial charge in [-0.3, -0.25) is 4.98 Å². The van der Waals surface area contributed by atoms with E-state index >= 15 is 0 Å². The number of nitrogens with one attached hydrogen (secondary N) is 1. The van der Waals surface area contributed by atoms with Gasteiger partial charge in [0.25, 0.3) is 0 Å². The van der Waals surface area contributed by atoms with Crippen LogP contribution in [0.2, 0.25) is 5.02 Å². The SMILES string of the molecule is CCNC(c1ccc(OC(C)C)cc1)c1ccncc1Cl. The fourth-order valence-corrected chi connectivity index (χ4v) is 2.47. The van der Waals surface area contributed by atoms with Crippen molar-refractivity contribution >= 4 is 11.6 Å². The highest BCUT2D eigenvalue weighted by Crippen LogP contribution is 2.28. The first kappa shape index (κ1) is 15.8. The highest BCUT2D eigenvalue weighted by molar-refractivity contribution is 6.31. The van der Waals surface area contributed by atoms with Crippen molar-refractivity contribution in [2.45, 2.75) is 32.9 Å². The van der Waals surface area contributed by atoms with Gasteiger partial charge < -0.3 is 10.1 Å². The summed E-state index contributed by atoms with van der Waals surface area (Å²) >= 11 is 6.28. The van der Waals surface area contributed by atoms with Crippen LogP contribution >= 0.6 is 11.6 Å². The Hall–Kier alpha value is -1.58. The molecule has 2 aromatic rings. The van der Waals surface area contributed by atoms with Crippen molar-refractivity contribution in [3.05, 3.63) is 58.9 Å². The number of ether oxygens (including phenoxy) is 1. The molecule has 0 bridgehead atoms. The van der Waals surface area contributed by atoms with E-state index in [9.17, 15) is 0 Å². The Bertz CT molecular complexity index is 569. The lowest BCUT2D eigenvalue weighted by molar-refractivity contribution is 0.242. The molecule has 0 saturated carbocycles. The maximum absolute atomic E-state index is 6.28. The molecular weight excluding hydrogens is 284 g/mol. The van der Waals surface area contributed by atoms with Crippen LogP contribution in [0.3, 0.4) is 0 Å². The lowest BCUT2D eigenvalue weighted by Gasteiger charge is -2.20. The van der Waals surface area contributed by atoms with Gasteiger partial charge in [-0.05, 0) is 49.7 Å². The summed E-state index contributed by atoms with van der Waals surface area (Å²) in [4.78, 5) is 4.05. The summed E-state index contributed by atoms with van der Waals surface area (Å²) in [6.07, 6.45) is 3.62. The molecular formula is C17H21ClN2O. The monoisotopic (exact) mass is 304 g/mol. The van der Waals surface area contributed by atoms with Gasteiger partial charge >= 0.3 is 0 Å². The molecule has 1 N–H and O–H groups in total. The van der Waals surface area contributed by atoms with Crippen LogP contribution in [-0.4, -0.2) is 17.6 Å². The molecule has 4 heteroatoms. The summed E-state index contributed by atoms with van der Waals surface area (Å²) in [6, 6.07) is 10.1. The normalized spacial score (nSPS) is 12.4. The highest BCUT2D eigenvalue weighted by atomic mass is 35.5. The van der Waals surface area contributed by atoms with Crippen molar-refractivity contribution in [3.63, 3.8) is 0 Å². The number of hydrogen-bond donors (Lipinski definition) is 1. The lowest BCUT2D eigenvalue weighted by Crippen LogP contribution is -2.22. The van der Waals surface area contributed by atoms with Crippen molar-refractivity contribution in [1.29, 1.82) is 0 Å². The predicted octanol–water partition coefficient (Wildman–Crippen LogP) is 4.22. The van der Waals surface area contributed by atoms with Crippen LogP contribution in [0, 0.1) is 0 Å². The summed E-state index contributed by atoms with van der Waals surface area (Å²) < 4.78 is 5.68. The first-order chi connectivity index (χ1) is 10.1. The van der Waals surface area contributed by atoms with Crippen LogP contribution in [-0.2, 0) is 0 Å². The Labute approximate surface area is 131 Å². The Morgan fingerprint density at radius 3 is 2.48 bits per heavy atom. The fraction of sp³-hybridized carbons (Fsp3) is 0.353. The Morgan fingerprint density at radius 1 is 1.19 bits per heavy atom. The fourth-order valence-electron chi connectivity index (χ4n) is 2.24. The number of pyridine rings is 1. The third kappa shape index (κ3) is 4.19. The summed E-state index contributed by atoms with van der Waals surface area (Å²) in [6.45, 7) is 6.98. The lowest BCUT2D eigenvalue weighted by atomic mass is 9.99. The van der Waals surface area contributed by atoms with Gasteiger partial charge in [-0.2, -0.15) is 0 Å². The van der Waals surface area contributed by atoms with Crippen LogP contribution in [0.15, 0.2) is 42.7 Å². The molecule has 0 aliphatic carbocycles. The minimum Gasteiger partial charge on any atom is -0.491 e. The van der Waals surface area contributed by atoms with Gasteiger partial charge in [0.05, 0.1) is 17.2 Å². The van der Waals surface area contributed by atoms with Crippen LogP contribution in [0.4, 0.5) is 0 Å². The van der Waals surface area contributed by atoms with Gasteiger partial charge in [-0.1, -0.05) is 30.7 Å². The van der Waals surface area contributed by atoms with E-state index in [0.717, 1.165) is 23.4 Å². The van der Waals surface area contributed by atoms with E-state index in [1.165, 1.54) is 0 Å². The topological polar surface area (TPSA) is 34.1 Å². The highest BCUT2D eigenvalue weighted by Gasteiger charge is 2.16. The summed E-state index contributed by atoms with van der Waals surface area (Å²) in [5.41, 5.74) is 2.19. The molecule has 0 amide bonds. The van der Waals surface area contributed by atoms with Crippen molar-refractivity contribution < 1.29 is 4.74 Å². The quantitative estimate of drug-likeness (QED) is 0.867. The first-order valence-electron chi connectivity index (χ1n) is 7.21. The molecule has 1 atom stereocenters. The maximum atomic E-state index is 6.28. The number of hydrogen-bond acceptors (Lipinski definition) is 3. The van der Waals surface area contributed by atoms with Crippen molar-refractivity contribution in [2.24, 2.45) is 0 Å². The average molecular weight is 305 g/mol. The standard InChI is InChI=1S/C17H21ClN2O/c1-4-20-17(15-9-10-19-11-16(15)18)13-5-7-14(8-6-13)21-12(2)3/h5-12,17,20H,4H2,1-3H3. The largest absolute Gasteiger partial charge is 0.491 e. The second-order valence-corrected chi connectivity index (χ2v) is 5.53. The summed E-state index contributed by atoms with van der Waals surface area (Å²) in [5.74, 6) is 0.879. The Kier molecular flexibility index (Phi) is 5.59. The zero-order valence-electron chi connectivity index (χ0n) is 12.6. The number of aromatic nitrogens is 1. The molecule has 0 saturated heterocycles. The van der Waals surface area contributed by atoms with E-state index in [4.69, 9.17) is 16.3 Å². The minimum atomic E-state index is 0.0543. The van der Waals surface area contributed by atoms with Crippen LogP contribution in [0.25, 0.3) is 0 Å². The predicted molar refractivity (Wildman–Crippen MR) is 87.0 cm³/mol. The summed E-state index contributed by atoms with van der Waals surface area (Å²) in [7, 11) is 0. The second-order valence-electron chi connectivity index (χ2n) is 5.12. The molecule has 0 spiro atoms. The number of rotatable bonds is 6. The van der Waals surface area contributed by atoms with Crippen molar-refractivity contribution in [3.8, 4) is 5.75 Å². The zero-order valence-corrected chi connectivity index (χ0v) is 13.4. The zero-order chi connectivity index (χ0) is 15.2. The van der Waals surface area contributed by atoms with E-state index < -0.39 is 0 Å². The van der Waals surface area contributed by atoms with Gasteiger partial charge in [-0.15, -0.1) is 0 Å². The molecule has 3 nitrogen and oxygen atoms in total. The molecule has 1 aromatic carbocycles. The minimum absolute atomic E-state index is 0.0543. The Balaban J connectivity index is 2.28. The maximum Gasteiger partial charge on any atom is 0.119 e. The van der Waals surface area contributed by atoms with E-state index in [1.807, 2.05) is 32.0 Å². The first-order valence-corrected chi connectivity index (χ1v) is 7.59. The van der Waals surface area contributed by atoms with Crippen LogP contribution in [0.1, 0.15) is 37.9 Å². The molecule has 0 radical (unpaired) electrons. The van der Waals surface area contributed by atoms with Gasteiger partial charge in [-0.25, -0.2) is 0 Å². The molecule has 1 heterocycles. The molecule has 0 fully saturated rings. The van der Waals surface area contributed by atoms with Gasteiger partial charge in [0.2, 0.25) is 0 Å². The Morgan fingerprint density at radius 2 is 1.90 bits per heavy atom. The van der Waals surface area contributed by atoms with Gasteiger partial charge in [0, 0.05) is 12.4 Å². The van der Waals surface area contributed by atoms with E-state index in [1.54, 1.807) is 12.4 Å². The molecule has 2 rings (SSSR count). The van der Waals surface area contributed by atoms with Crippen molar-refractivity contribution in [2.75, 3.05) is 6.54 Å². The summed E-state index contributed by atoms with van der Waals surface area (Å²) in [5, 5.41) is 4.14. The smallest absolute Gasteiger partial charge is 0.119 e. The molecule has 112 valence electrons. The molecule has 21 heavy (non-hydrogen) atoms. The number of halogens is 1. The third-order valence-electron chi connectivity index (χ3n) is 3.11. The number of benzene rings is 1. The molecule has 1 aromatic heterocycles. The molecule has 0 aliphatic rings. The molecule has 1 unspecified atom stereocenters. The van der Waals surface area contributed by atoms with E-state index in [-0.39, 0.29) is 12.1 Å². The molecule has 0 aliphatic heterocycles.